The first-order chi connectivity index (χ1) is 5.26. The maximum atomic E-state index is 11.2. The van der Waals surface area contributed by atoms with Gasteiger partial charge >= 0.3 is 0 Å². The van der Waals surface area contributed by atoms with Gasteiger partial charge in [0.25, 0.3) is 0 Å². The molecule has 0 radical (unpaired) electrons. The maximum Gasteiger partial charge on any atom is 0.222 e. The molecule has 0 aliphatic carbocycles. The quantitative estimate of drug-likeness (QED) is 0.588. The molecule has 0 saturated heterocycles. The molecule has 0 aliphatic rings. The van der Waals surface area contributed by atoms with Crippen LogP contribution < -0.4 is 0 Å². The molecule has 2 nitrogen and oxygen atoms in total. The van der Waals surface area contributed by atoms with Gasteiger partial charge in [-0.3, -0.25) is 4.79 Å². The van der Waals surface area contributed by atoms with E-state index >= 15 is 0 Å². The zero-order chi connectivity index (χ0) is 8.69. The third-order valence-corrected chi connectivity index (χ3v) is 1.91. The normalized spacial score (nSPS) is 9.73. The van der Waals surface area contributed by atoms with Crippen molar-refractivity contribution in [3.05, 3.63) is 0 Å². The Kier molecular flexibility index (Phi) is 6.33. The van der Waals surface area contributed by atoms with Crippen LogP contribution in [0.3, 0.4) is 0 Å². The third kappa shape index (κ3) is 4.25. The van der Waals surface area contributed by atoms with Crippen LogP contribution in [0, 0.1) is 0 Å². The van der Waals surface area contributed by atoms with Crippen LogP contribution in [0.4, 0.5) is 0 Å². The Morgan fingerprint density at radius 2 is 1.91 bits per heavy atom. The van der Waals surface area contributed by atoms with E-state index < -0.39 is 0 Å². The van der Waals surface area contributed by atoms with Crippen molar-refractivity contribution in [2.45, 2.75) is 26.7 Å². The van der Waals surface area contributed by atoms with E-state index in [1.54, 1.807) is 0 Å². The number of hydrogen-bond donors (Lipinski definition) is 0. The van der Waals surface area contributed by atoms with Crippen LogP contribution in [0.1, 0.15) is 26.7 Å². The van der Waals surface area contributed by atoms with Crippen LogP contribution in [0.5, 0.6) is 0 Å². The Balaban J connectivity index is 3.61. The summed E-state index contributed by atoms with van der Waals surface area (Å²) >= 11 is 5.47. The van der Waals surface area contributed by atoms with Crippen LogP contribution in [0.2, 0.25) is 0 Å². The molecule has 0 unspecified atom stereocenters. The Morgan fingerprint density at radius 1 is 1.36 bits per heavy atom. The van der Waals surface area contributed by atoms with Gasteiger partial charge in [0, 0.05) is 25.4 Å². The third-order valence-electron chi connectivity index (χ3n) is 1.64. The lowest BCUT2D eigenvalue weighted by Gasteiger charge is -2.17. The van der Waals surface area contributed by atoms with Gasteiger partial charge in [0.2, 0.25) is 5.91 Å². The first-order valence-corrected chi connectivity index (χ1v) is 4.63. The topological polar surface area (TPSA) is 20.3 Å². The molecule has 1 amide bonds. The van der Waals surface area contributed by atoms with Crippen molar-refractivity contribution in [3.8, 4) is 0 Å². The molecular weight excluding hydrogens is 162 g/mol. The summed E-state index contributed by atoms with van der Waals surface area (Å²) in [5, 5.41) is 0. The molecule has 66 valence electrons. The van der Waals surface area contributed by atoms with Crippen molar-refractivity contribution in [3.63, 3.8) is 0 Å². The van der Waals surface area contributed by atoms with Crippen LogP contribution in [-0.4, -0.2) is 29.8 Å². The lowest BCUT2D eigenvalue weighted by molar-refractivity contribution is -0.130. The van der Waals surface area contributed by atoms with Crippen molar-refractivity contribution >= 4 is 17.5 Å². The number of halogens is 1. The second-order valence-corrected chi connectivity index (χ2v) is 2.74. The number of carbonyl (C=O) groups excluding carboxylic acids is 1. The summed E-state index contributed by atoms with van der Waals surface area (Å²) in [6.07, 6.45) is 1.38. The highest BCUT2D eigenvalue weighted by molar-refractivity contribution is 6.17. The van der Waals surface area contributed by atoms with Gasteiger partial charge in [-0.25, -0.2) is 0 Å². The highest BCUT2D eigenvalue weighted by Crippen LogP contribution is 1.98. The Morgan fingerprint density at radius 3 is 2.27 bits per heavy atom. The van der Waals surface area contributed by atoms with Crippen molar-refractivity contribution in [1.29, 1.82) is 0 Å². The van der Waals surface area contributed by atoms with Crippen molar-refractivity contribution < 1.29 is 4.79 Å². The summed E-state index contributed by atoms with van der Waals surface area (Å²) in [7, 11) is 0. The summed E-state index contributed by atoms with van der Waals surface area (Å²) in [6, 6.07) is 0. The second kappa shape index (κ2) is 6.47. The van der Waals surface area contributed by atoms with Gasteiger partial charge in [0.1, 0.15) is 0 Å². The van der Waals surface area contributed by atoms with E-state index in [0.717, 1.165) is 19.5 Å². The minimum absolute atomic E-state index is 0.218. The largest absolute Gasteiger partial charge is 0.343 e. The average molecular weight is 178 g/mol. The van der Waals surface area contributed by atoms with Crippen molar-refractivity contribution in [2.24, 2.45) is 0 Å². The highest BCUT2D eigenvalue weighted by Gasteiger charge is 2.07. The predicted molar refractivity (Wildman–Crippen MR) is 47.9 cm³/mol. The minimum Gasteiger partial charge on any atom is -0.343 e. The first kappa shape index (κ1) is 10.8. The van der Waals surface area contributed by atoms with Crippen LogP contribution in [-0.2, 0) is 4.79 Å². The van der Waals surface area contributed by atoms with Crippen LogP contribution in [0.25, 0.3) is 0 Å². The molecule has 0 fully saturated rings. The highest BCUT2D eigenvalue weighted by atomic mass is 35.5. The Bertz CT molecular complexity index is 113. The second-order valence-electron chi connectivity index (χ2n) is 2.36. The lowest BCUT2D eigenvalue weighted by Crippen LogP contribution is -2.30. The molecule has 0 aromatic rings. The van der Waals surface area contributed by atoms with Gasteiger partial charge in [0.05, 0.1) is 0 Å². The molecule has 0 aromatic carbocycles. The number of alkyl halides is 1. The van der Waals surface area contributed by atoms with E-state index in [-0.39, 0.29) is 5.91 Å². The molecular formula is C8H16ClNO. The zero-order valence-electron chi connectivity index (χ0n) is 7.27. The summed E-state index contributed by atoms with van der Waals surface area (Å²) in [5.74, 6) is 0.795. The van der Waals surface area contributed by atoms with E-state index in [1.807, 2.05) is 18.7 Å². The molecule has 0 atom stereocenters. The minimum atomic E-state index is 0.218. The monoisotopic (exact) mass is 177 g/mol. The summed E-state index contributed by atoms with van der Waals surface area (Å²) in [5.41, 5.74) is 0. The van der Waals surface area contributed by atoms with E-state index in [1.165, 1.54) is 0 Å². The smallest absolute Gasteiger partial charge is 0.222 e. The van der Waals surface area contributed by atoms with Gasteiger partial charge in [-0.2, -0.15) is 0 Å². The standard InChI is InChI=1S/C8H16ClNO/c1-3-10(4-2)8(11)6-5-7-9/h3-7H2,1-2H3. The molecule has 11 heavy (non-hydrogen) atoms. The SMILES string of the molecule is CCN(CC)C(=O)CCCCl. The molecule has 0 saturated carbocycles. The summed E-state index contributed by atoms with van der Waals surface area (Å²) in [6.45, 7) is 5.58. The van der Waals surface area contributed by atoms with E-state index in [2.05, 4.69) is 0 Å². The zero-order valence-corrected chi connectivity index (χ0v) is 8.02. The van der Waals surface area contributed by atoms with Gasteiger partial charge in [0.15, 0.2) is 0 Å². The molecule has 3 heteroatoms. The fourth-order valence-electron chi connectivity index (χ4n) is 0.952. The van der Waals surface area contributed by atoms with Gasteiger partial charge in [-0.1, -0.05) is 0 Å². The summed E-state index contributed by atoms with van der Waals surface area (Å²) in [4.78, 5) is 13.1. The number of amides is 1. The fourth-order valence-corrected chi connectivity index (χ4v) is 1.09. The Labute approximate surface area is 73.5 Å². The van der Waals surface area contributed by atoms with Gasteiger partial charge in [-0.05, 0) is 20.3 Å². The van der Waals surface area contributed by atoms with Gasteiger partial charge in [-0.15, -0.1) is 11.6 Å². The molecule has 0 N–H and O–H groups in total. The predicted octanol–water partition coefficient (Wildman–Crippen LogP) is 1.87. The van der Waals surface area contributed by atoms with E-state index in [0.29, 0.717) is 12.3 Å². The average Bonchev–Trinajstić information content (AvgIpc) is 2.03. The number of carbonyl (C=O) groups is 1. The Hall–Kier alpha value is -0.240. The first-order valence-electron chi connectivity index (χ1n) is 4.10. The fraction of sp³-hybridized carbons (Fsp3) is 0.875. The van der Waals surface area contributed by atoms with Gasteiger partial charge < -0.3 is 4.90 Å². The lowest BCUT2D eigenvalue weighted by atomic mass is 10.3. The van der Waals surface area contributed by atoms with Crippen molar-refractivity contribution in [2.75, 3.05) is 19.0 Å². The number of hydrogen-bond acceptors (Lipinski definition) is 1. The van der Waals surface area contributed by atoms with E-state index in [4.69, 9.17) is 11.6 Å². The van der Waals surface area contributed by atoms with E-state index in [9.17, 15) is 4.79 Å². The van der Waals surface area contributed by atoms with Crippen LogP contribution in [0.15, 0.2) is 0 Å². The molecule has 0 bridgehead atoms. The molecule has 0 heterocycles. The molecule has 0 aliphatic heterocycles. The van der Waals surface area contributed by atoms with Crippen molar-refractivity contribution in [1.82, 2.24) is 4.90 Å². The van der Waals surface area contributed by atoms with Crippen LogP contribution >= 0.6 is 11.6 Å². The molecule has 0 spiro atoms. The molecule has 0 aromatic heterocycles. The number of nitrogens with zero attached hydrogens (tertiary/aromatic N) is 1. The maximum absolute atomic E-state index is 11.2. The molecule has 0 rings (SSSR count). The summed E-state index contributed by atoms with van der Waals surface area (Å²) < 4.78 is 0. The number of rotatable bonds is 5.